The van der Waals surface area contributed by atoms with E-state index >= 15 is 0 Å². The third kappa shape index (κ3) is 4.20. The highest BCUT2D eigenvalue weighted by molar-refractivity contribution is 7.86. The molecule has 2 bridgehead atoms. The van der Waals surface area contributed by atoms with Crippen LogP contribution in [-0.2, 0) is 16.8 Å². The second kappa shape index (κ2) is 9.24. The van der Waals surface area contributed by atoms with Gasteiger partial charge in [-0.1, -0.05) is 17.8 Å². The average molecular weight is 530 g/mol. The summed E-state index contributed by atoms with van der Waals surface area (Å²) in [7, 11) is -3.57. The second-order valence-electron chi connectivity index (χ2n) is 9.57. The predicted molar refractivity (Wildman–Crippen MR) is 134 cm³/mol. The van der Waals surface area contributed by atoms with E-state index in [-0.39, 0.29) is 43.7 Å². The maximum atomic E-state index is 13.4. The van der Waals surface area contributed by atoms with Crippen molar-refractivity contribution in [2.75, 3.05) is 23.7 Å². The fraction of sp³-hybridized carbons (Fsp3) is 0.545. The molecule has 14 heteroatoms. The van der Waals surface area contributed by atoms with E-state index in [9.17, 15) is 13.5 Å². The van der Waals surface area contributed by atoms with Gasteiger partial charge in [-0.2, -0.15) is 27.3 Å². The molecule has 12 nitrogen and oxygen atoms in total. The number of piperidine rings is 2. The monoisotopic (exact) mass is 529 g/mol. The van der Waals surface area contributed by atoms with Crippen molar-refractivity contribution in [3.8, 4) is 6.07 Å². The summed E-state index contributed by atoms with van der Waals surface area (Å²) in [4.78, 5) is 14.2. The molecule has 0 spiro atoms. The first-order valence-electron chi connectivity index (χ1n) is 12.1. The lowest BCUT2D eigenvalue weighted by Gasteiger charge is -2.50. The van der Waals surface area contributed by atoms with E-state index in [1.54, 1.807) is 16.7 Å². The summed E-state index contributed by atoms with van der Waals surface area (Å²) in [5.74, 6) is 1.01. The van der Waals surface area contributed by atoms with Crippen LogP contribution >= 0.6 is 11.3 Å². The van der Waals surface area contributed by atoms with Crippen LogP contribution in [0.2, 0.25) is 0 Å². The quantitative estimate of drug-likeness (QED) is 0.417. The van der Waals surface area contributed by atoms with Crippen LogP contribution in [0.15, 0.2) is 24.7 Å². The molecule has 0 aliphatic carbocycles. The zero-order valence-electron chi connectivity index (χ0n) is 19.5. The molecular weight excluding hydrogens is 502 g/mol. The first-order chi connectivity index (χ1) is 17.4. The first-order valence-corrected chi connectivity index (χ1v) is 14.3. The molecule has 6 rings (SSSR count). The SMILES string of the molecule is N#CC1CN(S(=O)(=O)N2C3CCCC2CC(Nc2nc(Nc4ncc(CO)s4)cc4nccn24)C3)C1. The van der Waals surface area contributed by atoms with Gasteiger partial charge in [-0.3, -0.25) is 4.40 Å². The first kappa shape index (κ1) is 23.6. The van der Waals surface area contributed by atoms with Crippen LogP contribution < -0.4 is 10.6 Å². The summed E-state index contributed by atoms with van der Waals surface area (Å²) >= 11 is 1.36. The summed E-state index contributed by atoms with van der Waals surface area (Å²) in [5, 5.41) is 25.8. The molecule has 3 saturated heterocycles. The summed E-state index contributed by atoms with van der Waals surface area (Å²) < 4.78 is 31.8. The van der Waals surface area contributed by atoms with Gasteiger partial charge in [-0.25, -0.2) is 9.97 Å². The van der Waals surface area contributed by atoms with Gasteiger partial charge in [0, 0.05) is 55.9 Å². The molecule has 3 aliphatic heterocycles. The summed E-state index contributed by atoms with van der Waals surface area (Å²) in [6.07, 6.45) is 9.23. The lowest BCUT2D eigenvalue weighted by molar-refractivity contribution is 0.0983. The minimum absolute atomic E-state index is 0.0594. The maximum Gasteiger partial charge on any atom is 0.282 e. The Bertz CT molecular complexity index is 1400. The van der Waals surface area contributed by atoms with E-state index < -0.39 is 10.2 Å². The predicted octanol–water partition coefficient (Wildman–Crippen LogP) is 1.92. The number of nitrogens with one attached hydrogen (secondary N) is 2. The minimum Gasteiger partial charge on any atom is -0.391 e. The highest BCUT2D eigenvalue weighted by atomic mass is 32.2. The Hall–Kier alpha value is -2.83. The fourth-order valence-corrected chi connectivity index (χ4v) is 8.31. The van der Waals surface area contributed by atoms with Gasteiger partial charge in [-0.05, 0) is 25.7 Å². The van der Waals surface area contributed by atoms with Crippen LogP contribution in [0.4, 0.5) is 16.9 Å². The highest BCUT2D eigenvalue weighted by Crippen LogP contribution is 2.39. The number of imidazole rings is 1. The number of aromatic nitrogens is 4. The van der Waals surface area contributed by atoms with E-state index in [0.717, 1.165) is 29.8 Å². The van der Waals surface area contributed by atoms with Gasteiger partial charge in [0.15, 0.2) is 5.13 Å². The van der Waals surface area contributed by atoms with E-state index in [4.69, 9.17) is 10.2 Å². The Balaban J connectivity index is 1.21. The van der Waals surface area contributed by atoms with Gasteiger partial charge in [0.05, 0.1) is 23.5 Å². The number of rotatable bonds is 7. The molecule has 3 fully saturated rings. The van der Waals surface area contributed by atoms with Crippen LogP contribution in [0.5, 0.6) is 0 Å². The molecule has 3 N–H and O–H groups in total. The zero-order chi connectivity index (χ0) is 24.9. The molecule has 0 saturated carbocycles. The number of aliphatic hydroxyl groups is 1. The summed E-state index contributed by atoms with van der Waals surface area (Å²) in [5.41, 5.74) is 0.721. The lowest BCUT2D eigenvalue weighted by Crippen LogP contribution is -2.63. The zero-order valence-corrected chi connectivity index (χ0v) is 21.1. The van der Waals surface area contributed by atoms with Gasteiger partial charge < -0.3 is 15.7 Å². The Labute approximate surface area is 212 Å². The van der Waals surface area contributed by atoms with Gasteiger partial charge >= 0.3 is 0 Å². The number of anilines is 3. The molecule has 2 atom stereocenters. The van der Waals surface area contributed by atoms with Crippen LogP contribution in [-0.4, -0.2) is 72.7 Å². The normalized spacial score (nSPS) is 25.4. The number of fused-ring (bicyclic) bond motifs is 3. The van der Waals surface area contributed by atoms with Crippen LogP contribution in [0, 0.1) is 17.2 Å². The van der Waals surface area contributed by atoms with Crippen molar-refractivity contribution >= 4 is 44.1 Å². The summed E-state index contributed by atoms with van der Waals surface area (Å²) in [6.45, 7) is 0.516. The molecule has 190 valence electrons. The van der Waals surface area contributed by atoms with E-state index in [0.29, 0.717) is 29.7 Å². The van der Waals surface area contributed by atoms with E-state index in [1.807, 2.05) is 16.7 Å². The van der Waals surface area contributed by atoms with E-state index in [1.165, 1.54) is 15.6 Å². The number of nitriles is 1. The van der Waals surface area contributed by atoms with Crippen molar-refractivity contribution in [2.45, 2.75) is 56.8 Å². The molecule has 0 amide bonds. The van der Waals surface area contributed by atoms with Crippen LogP contribution in [0.25, 0.3) is 5.65 Å². The van der Waals surface area contributed by atoms with Crippen molar-refractivity contribution < 1.29 is 13.5 Å². The number of hydrogen-bond donors (Lipinski definition) is 3. The van der Waals surface area contributed by atoms with Crippen molar-refractivity contribution in [1.82, 2.24) is 28.0 Å². The molecular formula is C22H27N9O3S2. The Kier molecular flexibility index (Phi) is 6.05. The number of hydrogen-bond acceptors (Lipinski definition) is 10. The van der Waals surface area contributed by atoms with Crippen LogP contribution in [0.3, 0.4) is 0 Å². The van der Waals surface area contributed by atoms with Gasteiger partial charge in [0.25, 0.3) is 10.2 Å². The van der Waals surface area contributed by atoms with Crippen molar-refractivity contribution in [1.29, 1.82) is 5.26 Å². The van der Waals surface area contributed by atoms with Crippen molar-refractivity contribution in [2.24, 2.45) is 5.92 Å². The van der Waals surface area contributed by atoms with Crippen LogP contribution in [0.1, 0.15) is 37.0 Å². The molecule has 6 heterocycles. The third-order valence-electron chi connectivity index (χ3n) is 7.20. The molecule has 0 radical (unpaired) electrons. The third-order valence-corrected chi connectivity index (χ3v) is 10.2. The minimum atomic E-state index is -3.57. The number of nitrogens with zero attached hydrogens (tertiary/aromatic N) is 7. The number of thiazole rings is 1. The van der Waals surface area contributed by atoms with E-state index in [2.05, 4.69) is 26.7 Å². The molecule has 36 heavy (non-hydrogen) atoms. The Morgan fingerprint density at radius 3 is 2.69 bits per heavy atom. The fourth-order valence-electron chi connectivity index (χ4n) is 5.49. The smallest absolute Gasteiger partial charge is 0.282 e. The standard InChI is InChI=1S/C22H27N9O3S2/c23-9-14-11-29(12-14)36(33,34)31-16-2-1-3-17(31)7-15(6-16)26-21-27-19(8-20-24-4-5-30(20)21)28-22-25-10-18(13-32)35-22/h4-5,8,10,14-17,32H,1-3,6-7,11-13H2,(H,25,28)(H,26,27). The Morgan fingerprint density at radius 2 is 2.00 bits per heavy atom. The van der Waals surface area contributed by atoms with Gasteiger partial charge in [0.2, 0.25) is 5.95 Å². The van der Waals surface area contributed by atoms with Crippen molar-refractivity contribution in [3.05, 3.63) is 29.5 Å². The average Bonchev–Trinajstić information content (AvgIpc) is 3.47. The largest absolute Gasteiger partial charge is 0.391 e. The van der Waals surface area contributed by atoms with Gasteiger partial charge in [0.1, 0.15) is 11.5 Å². The topological polar surface area (TPSA) is 152 Å². The molecule has 3 aromatic heterocycles. The van der Waals surface area contributed by atoms with Crippen molar-refractivity contribution in [3.63, 3.8) is 0 Å². The second-order valence-corrected chi connectivity index (χ2v) is 12.5. The molecule has 3 aliphatic rings. The number of aliphatic hydroxyl groups excluding tert-OH is 1. The highest BCUT2D eigenvalue weighted by Gasteiger charge is 2.49. The Morgan fingerprint density at radius 1 is 1.22 bits per heavy atom. The molecule has 3 aromatic rings. The maximum absolute atomic E-state index is 13.4. The lowest BCUT2D eigenvalue weighted by atomic mass is 9.84. The summed E-state index contributed by atoms with van der Waals surface area (Å²) in [6, 6.07) is 3.90. The van der Waals surface area contributed by atoms with Gasteiger partial charge in [-0.15, -0.1) is 0 Å². The molecule has 2 unspecified atom stereocenters. The molecule has 0 aromatic carbocycles.